The highest BCUT2D eigenvalue weighted by Crippen LogP contribution is 2.35. The van der Waals surface area contributed by atoms with E-state index in [1.54, 1.807) is 28.8 Å². The summed E-state index contributed by atoms with van der Waals surface area (Å²) in [7, 11) is 0. The zero-order valence-electron chi connectivity index (χ0n) is 14.6. The molecule has 1 heterocycles. The van der Waals surface area contributed by atoms with Gasteiger partial charge in [-0.05, 0) is 31.4 Å². The molecule has 1 aromatic carbocycles. The Balaban J connectivity index is 2.18. The van der Waals surface area contributed by atoms with E-state index in [0.29, 0.717) is 5.75 Å². The number of hydrogen-bond acceptors (Lipinski definition) is 4. The minimum atomic E-state index is -0.516. The molecule has 1 fully saturated rings. The molecular weight excluding hydrogens is 322 g/mol. The van der Waals surface area contributed by atoms with Gasteiger partial charge in [-0.2, -0.15) is 0 Å². The van der Waals surface area contributed by atoms with Crippen LogP contribution in [-0.4, -0.2) is 40.0 Å². The molecule has 0 N–H and O–H groups in total. The van der Waals surface area contributed by atoms with E-state index >= 15 is 0 Å². The highest BCUT2D eigenvalue weighted by Gasteiger charge is 2.43. The highest BCUT2D eigenvalue weighted by molar-refractivity contribution is 8.00. The number of carbonyl (C=O) groups is 2. The Hall–Kier alpha value is -1.75. The van der Waals surface area contributed by atoms with Crippen LogP contribution in [0.15, 0.2) is 36.4 Å². The molecule has 130 valence electrons. The van der Waals surface area contributed by atoms with Crippen LogP contribution in [0.3, 0.4) is 0 Å². The number of ether oxygens (including phenoxy) is 1. The number of carbonyl (C=O) groups excluding carboxylic acids is 2. The minimum Gasteiger partial charge on any atom is -0.461 e. The SMILES string of the molecule is CC(C)OC(=O)C1CSC(C(C)C)N1C(=O)/C=C/c1ccccc1. The molecule has 4 nitrogen and oxygen atoms in total. The van der Waals surface area contributed by atoms with Gasteiger partial charge < -0.3 is 9.64 Å². The molecule has 1 saturated heterocycles. The summed E-state index contributed by atoms with van der Waals surface area (Å²) in [5.74, 6) is 0.385. The number of esters is 1. The second kappa shape index (κ2) is 8.38. The maximum atomic E-state index is 12.8. The van der Waals surface area contributed by atoms with Crippen molar-refractivity contribution >= 4 is 29.7 Å². The summed E-state index contributed by atoms with van der Waals surface area (Å²) in [5, 5.41) is -0.0114. The summed E-state index contributed by atoms with van der Waals surface area (Å²) in [5.41, 5.74) is 0.958. The Morgan fingerprint density at radius 3 is 2.46 bits per heavy atom. The van der Waals surface area contributed by atoms with Gasteiger partial charge in [-0.25, -0.2) is 4.79 Å². The molecule has 1 amide bonds. The van der Waals surface area contributed by atoms with Gasteiger partial charge in [0.2, 0.25) is 5.91 Å². The number of benzene rings is 1. The van der Waals surface area contributed by atoms with Crippen LogP contribution in [0.1, 0.15) is 33.3 Å². The molecule has 0 saturated carbocycles. The summed E-state index contributed by atoms with van der Waals surface area (Å²) in [6, 6.07) is 9.14. The Bertz CT molecular complexity index is 598. The molecular formula is C19H25NO3S. The van der Waals surface area contributed by atoms with Crippen molar-refractivity contribution in [3.05, 3.63) is 42.0 Å². The fourth-order valence-electron chi connectivity index (χ4n) is 2.63. The van der Waals surface area contributed by atoms with Crippen LogP contribution in [0.5, 0.6) is 0 Å². The van der Waals surface area contributed by atoms with Gasteiger partial charge in [-0.1, -0.05) is 44.2 Å². The third-order valence-electron chi connectivity index (χ3n) is 3.70. The summed E-state index contributed by atoms with van der Waals surface area (Å²) < 4.78 is 5.34. The topological polar surface area (TPSA) is 46.6 Å². The van der Waals surface area contributed by atoms with Gasteiger partial charge in [-0.15, -0.1) is 11.8 Å². The van der Waals surface area contributed by atoms with Crippen LogP contribution < -0.4 is 0 Å². The molecule has 0 bridgehead atoms. The average molecular weight is 347 g/mol. The van der Waals surface area contributed by atoms with Crippen molar-refractivity contribution in [2.24, 2.45) is 5.92 Å². The van der Waals surface area contributed by atoms with E-state index < -0.39 is 6.04 Å². The van der Waals surface area contributed by atoms with Crippen LogP contribution >= 0.6 is 11.8 Å². The first kappa shape index (κ1) is 18.6. The zero-order valence-corrected chi connectivity index (χ0v) is 15.5. The highest BCUT2D eigenvalue weighted by atomic mass is 32.2. The van der Waals surface area contributed by atoms with E-state index in [1.807, 2.05) is 44.2 Å². The van der Waals surface area contributed by atoms with Crippen molar-refractivity contribution in [3.8, 4) is 0 Å². The summed E-state index contributed by atoms with van der Waals surface area (Å²) in [6.45, 7) is 7.77. The minimum absolute atomic E-state index is 0.0114. The predicted octanol–water partition coefficient (Wildman–Crippen LogP) is 3.58. The van der Waals surface area contributed by atoms with E-state index in [1.165, 1.54) is 0 Å². The van der Waals surface area contributed by atoms with Gasteiger partial charge in [0.15, 0.2) is 0 Å². The molecule has 1 aliphatic rings. The standard InChI is InChI=1S/C19H25NO3S/c1-13(2)18-20(16(12-24-18)19(22)23-14(3)4)17(21)11-10-15-8-6-5-7-9-15/h5-11,13-14,16,18H,12H2,1-4H3/b11-10+. The molecule has 2 rings (SSSR count). The Morgan fingerprint density at radius 1 is 1.21 bits per heavy atom. The largest absolute Gasteiger partial charge is 0.461 e. The average Bonchev–Trinajstić information content (AvgIpc) is 2.98. The normalized spacial score (nSPS) is 21.0. The van der Waals surface area contributed by atoms with E-state index in [4.69, 9.17) is 4.74 Å². The van der Waals surface area contributed by atoms with E-state index in [9.17, 15) is 9.59 Å². The number of amides is 1. The summed E-state index contributed by atoms with van der Waals surface area (Å²) >= 11 is 1.64. The Morgan fingerprint density at radius 2 is 1.88 bits per heavy atom. The smallest absolute Gasteiger partial charge is 0.330 e. The third kappa shape index (κ3) is 4.63. The molecule has 1 aliphatic heterocycles. The van der Waals surface area contributed by atoms with Crippen LogP contribution in [-0.2, 0) is 14.3 Å². The fraction of sp³-hybridized carbons (Fsp3) is 0.474. The molecule has 5 heteroatoms. The van der Waals surface area contributed by atoms with Gasteiger partial charge >= 0.3 is 5.97 Å². The van der Waals surface area contributed by atoms with Crippen molar-refractivity contribution in [1.29, 1.82) is 0 Å². The Kier molecular flexibility index (Phi) is 6.49. The van der Waals surface area contributed by atoms with Gasteiger partial charge in [0.25, 0.3) is 0 Å². The fourth-order valence-corrected chi connectivity index (χ4v) is 4.10. The van der Waals surface area contributed by atoms with Crippen LogP contribution in [0.2, 0.25) is 0 Å². The number of rotatable bonds is 5. The van der Waals surface area contributed by atoms with Gasteiger partial charge in [-0.3, -0.25) is 4.79 Å². The molecule has 0 spiro atoms. The molecule has 2 unspecified atom stereocenters. The molecule has 1 aromatic rings. The lowest BCUT2D eigenvalue weighted by atomic mass is 10.1. The van der Waals surface area contributed by atoms with Crippen LogP contribution in [0, 0.1) is 5.92 Å². The van der Waals surface area contributed by atoms with Crippen molar-refractivity contribution in [2.45, 2.75) is 45.2 Å². The lowest BCUT2D eigenvalue weighted by molar-refractivity contribution is -0.156. The monoisotopic (exact) mass is 347 g/mol. The molecule has 0 aromatic heterocycles. The summed E-state index contributed by atoms with van der Waals surface area (Å²) in [4.78, 5) is 26.8. The number of nitrogens with zero attached hydrogens (tertiary/aromatic N) is 1. The first-order valence-electron chi connectivity index (χ1n) is 8.27. The quantitative estimate of drug-likeness (QED) is 0.603. The van der Waals surface area contributed by atoms with E-state index in [0.717, 1.165) is 5.56 Å². The second-order valence-electron chi connectivity index (χ2n) is 6.46. The maximum Gasteiger partial charge on any atom is 0.330 e. The lowest BCUT2D eigenvalue weighted by Gasteiger charge is -2.29. The molecule has 0 aliphatic carbocycles. The van der Waals surface area contributed by atoms with Crippen molar-refractivity contribution in [3.63, 3.8) is 0 Å². The van der Waals surface area contributed by atoms with Gasteiger partial charge in [0.1, 0.15) is 6.04 Å². The first-order valence-corrected chi connectivity index (χ1v) is 9.32. The predicted molar refractivity (Wildman–Crippen MR) is 98.4 cm³/mol. The molecule has 2 atom stereocenters. The van der Waals surface area contributed by atoms with Gasteiger partial charge in [0.05, 0.1) is 11.5 Å². The van der Waals surface area contributed by atoms with Crippen molar-refractivity contribution < 1.29 is 14.3 Å². The van der Waals surface area contributed by atoms with E-state index in [2.05, 4.69) is 13.8 Å². The van der Waals surface area contributed by atoms with Crippen molar-refractivity contribution in [1.82, 2.24) is 4.90 Å². The van der Waals surface area contributed by atoms with E-state index in [-0.39, 0.29) is 29.3 Å². The number of thioether (sulfide) groups is 1. The maximum absolute atomic E-state index is 12.8. The molecule has 24 heavy (non-hydrogen) atoms. The Labute approximate surface area is 148 Å². The molecule has 0 radical (unpaired) electrons. The third-order valence-corrected chi connectivity index (χ3v) is 5.32. The second-order valence-corrected chi connectivity index (χ2v) is 7.61. The summed E-state index contributed by atoms with van der Waals surface area (Å²) in [6.07, 6.45) is 3.15. The van der Waals surface area contributed by atoms with Gasteiger partial charge in [0, 0.05) is 11.8 Å². The van der Waals surface area contributed by atoms with Crippen LogP contribution in [0.4, 0.5) is 0 Å². The van der Waals surface area contributed by atoms with Crippen LogP contribution in [0.25, 0.3) is 6.08 Å². The zero-order chi connectivity index (χ0) is 17.7. The number of hydrogen-bond donors (Lipinski definition) is 0. The lowest BCUT2D eigenvalue weighted by Crippen LogP contribution is -2.47. The first-order chi connectivity index (χ1) is 11.4. The van der Waals surface area contributed by atoms with Crippen molar-refractivity contribution in [2.75, 3.05) is 5.75 Å².